The first-order valence-corrected chi connectivity index (χ1v) is 8.80. The second-order valence-electron chi connectivity index (χ2n) is 5.82. The summed E-state index contributed by atoms with van der Waals surface area (Å²) in [6.45, 7) is 3.04. The summed E-state index contributed by atoms with van der Waals surface area (Å²) in [4.78, 5) is 10.3. The van der Waals surface area contributed by atoms with Crippen molar-refractivity contribution < 1.29 is 9.53 Å². The number of unbranched alkanes of at least 4 members (excludes halogenated alkanes) is 9. The molecule has 0 heterocycles. The number of rotatable bonds is 14. The van der Waals surface area contributed by atoms with Crippen molar-refractivity contribution in [3.05, 3.63) is 24.3 Å². The highest BCUT2D eigenvalue weighted by Gasteiger charge is 1.96. The van der Waals surface area contributed by atoms with Gasteiger partial charge in [-0.1, -0.05) is 64.7 Å². The fourth-order valence-corrected chi connectivity index (χ4v) is 2.49. The number of nitrogens with one attached hydrogen (secondary N) is 1. The number of carbonyl (C=O) groups excluding carboxylic acids is 1. The zero-order chi connectivity index (χ0) is 15.9. The van der Waals surface area contributed by atoms with E-state index in [1.807, 2.05) is 24.3 Å². The third-order valence-electron chi connectivity index (χ3n) is 3.85. The van der Waals surface area contributed by atoms with Gasteiger partial charge < -0.3 is 10.1 Å². The van der Waals surface area contributed by atoms with Crippen molar-refractivity contribution in [1.82, 2.24) is 0 Å². The molecular formula is C19H31NO2. The predicted molar refractivity (Wildman–Crippen MR) is 93.5 cm³/mol. The Morgan fingerprint density at radius 3 is 1.95 bits per heavy atom. The lowest BCUT2D eigenvalue weighted by Gasteiger charge is -2.07. The Labute approximate surface area is 135 Å². The van der Waals surface area contributed by atoms with Crippen LogP contribution < -0.4 is 10.1 Å². The predicted octanol–water partition coefficient (Wildman–Crippen LogP) is 5.55. The summed E-state index contributed by atoms with van der Waals surface area (Å²) in [5.74, 6) is 0.868. The molecular weight excluding hydrogens is 274 g/mol. The number of amides is 1. The van der Waals surface area contributed by atoms with Crippen LogP contribution in [0.1, 0.15) is 71.1 Å². The molecule has 0 unspecified atom stereocenters. The van der Waals surface area contributed by atoms with Gasteiger partial charge in [-0.2, -0.15) is 0 Å². The van der Waals surface area contributed by atoms with E-state index in [4.69, 9.17) is 4.74 Å². The van der Waals surface area contributed by atoms with Crippen LogP contribution in [0, 0.1) is 0 Å². The first kappa shape index (κ1) is 18.5. The van der Waals surface area contributed by atoms with E-state index in [0.29, 0.717) is 6.41 Å². The molecule has 124 valence electrons. The molecule has 1 N–H and O–H groups in total. The van der Waals surface area contributed by atoms with Gasteiger partial charge in [0.25, 0.3) is 0 Å². The Bertz CT molecular complexity index is 376. The van der Waals surface area contributed by atoms with Crippen molar-refractivity contribution in [1.29, 1.82) is 0 Å². The summed E-state index contributed by atoms with van der Waals surface area (Å²) in [6.07, 6.45) is 14.0. The maximum Gasteiger partial charge on any atom is 0.211 e. The van der Waals surface area contributed by atoms with Crippen molar-refractivity contribution in [2.45, 2.75) is 71.1 Å². The summed E-state index contributed by atoms with van der Waals surface area (Å²) in [6, 6.07) is 7.48. The minimum Gasteiger partial charge on any atom is -0.494 e. The van der Waals surface area contributed by atoms with Gasteiger partial charge in [0, 0.05) is 5.69 Å². The van der Waals surface area contributed by atoms with E-state index in [1.165, 1.54) is 57.8 Å². The average molecular weight is 305 g/mol. The van der Waals surface area contributed by atoms with E-state index in [2.05, 4.69) is 12.2 Å². The minimum absolute atomic E-state index is 0.680. The van der Waals surface area contributed by atoms with E-state index in [9.17, 15) is 4.79 Å². The van der Waals surface area contributed by atoms with Gasteiger partial charge in [-0.15, -0.1) is 0 Å². The van der Waals surface area contributed by atoms with Crippen molar-refractivity contribution in [3.63, 3.8) is 0 Å². The molecule has 0 aliphatic heterocycles. The summed E-state index contributed by atoms with van der Waals surface area (Å²) >= 11 is 0. The lowest BCUT2D eigenvalue weighted by Crippen LogP contribution is -1.98. The number of anilines is 1. The van der Waals surface area contributed by atoms with Crippen molar-refractivity contribution in [2.75, 3.05) is 11.9 Å². The molecule has 0 fully saturated rings. The molecule has 0 saturated heterocycles. The molecule has 1 aromatic rings. The van der Waals surface area contributed by atoms with Crippen molar-refractivity contribution in [3.8, 4) is 5.75 Å². The number of ether oxygens (including phenoxy) is 1. The van der Waals surface area contributed by atoms with Crippen LogP contribution >= 0.6 is 0 Å². The molecule has 0 radical (unpaired) electrons. The number of benzene rings is 1. The molecule has 0 aromatic heterocycles. The Balaban J connectivity index is 1.91. The summed E-state index contributed by atoms with van der Waals surface area (Å²) < 4.78 is 5.70. The Morgan fingerprint density at radius 1 is 0.864 bits per heavy atom. The molecule has 22 heavy (non-hydrogen) atoms. The van der Waals surface area contributed by atoms with Gasteiger partial charge in [0.05, 0.1) is 6.61 Å². The van der Waals surface area contributed by atoms with Crippen LogP contribution in [0.5, 0.6) is 5.75 Å². The Kier molecular flexibility index (Phi) is 11.1. The molecule has 1 amide bonds. The van der Waals surface area contributed by atoms with Crippen molar-refractivity contribution >= 4 is 12.1 Å². The highest BCUT2D eigenvalue weighted by atomic mass is 16.5. The molecule has 0 spiro atoms. The number of hydrogen-bond donors (Lipinski definition) is 1. The molecule has 0 bridgehead atoms. The van der Waals surface area contributed by atoms with Gasteiger partial charge in [0.2, 0.25) is 6.41 Å². The van der Waals surface area contributed by atoms with E-state index in [-0.39, 0.29) is 0 Å². The zero-order valence-corrected chi connectivity index (χ0v) is 14.0. The summed E-state index contributed by atoms with van der Waals surface area (Å²) in [5.41, 5.74) is 0.793. The molecule has 1 rings (SSSR count). The van der Waals surface area contributed by atoms with E-state index in [0.717, 1.165) is 24.5 Å². The molecule has 0 aliphatic rings. The molecule has 1 aromatic carbocycles. The SMILES string of the molecule is CCCCCCCCCCCCOc1ccc(NC=O)cc1. The normalized spacial score (nSPS) is 10.4. The third kappa shape index (κ3) is 9.43. The second kappa shape index (κ2) is 13.2. The van der Waals surface area contributed by atoms with Gasteiger partial charge in [0.15, 0.2) is 0 Å². The minimum atomic E-state index is 0.680. The number of carbonyl (C=O) groups is 1. The fourth-order valence-electron chi connectivity index (χ4n) is 2.49. The van der Waals surface area contributed by atoms with Crippen LogP contribution in [0.25, 0.3) is 0 Å². The molecule has 3 nitrogen and oxygen atoms in total. The first-order valence-electron chi connectivity index (χ1n) is 8.80. The van der Waals surface area contributed by atoms with Crippen LogP contribution in [-0.2, 0) is 4.79 Å². The van der Waals surface area contributed by atoms with Gasteiger partial charge >= 0.3 is 0 Å². The standard InChI is InChI=1S/C19H31NO2/c1-2-3-4-5-6-7-8-9-10-11-16-22-19-14-12-18(13-15-19)20-17-21/h12-15,17H,2-11,16H2,1H3,(H,20,21). The monoisotopic (exact) mass is 305 g/mol. The van der Waals surface area contributed by atoms with Crippen LogP contribution in [0.15, 0.2) is 24.3 Å². The fraction of sp³-hybridized carbons (Fsp3) is 0.632. The molecule has 0 saturated carbocycles. The zero-order valence-electron chi connectivity index (χ0n) is 14.0. The lowest BCUT2D eigenvalue weighted by atomic mass is 10.1. The van der Waals surface area contributed by atoms with Crippen LogP contribution in [0.3, 0.4) is 0 Å². The topological polar surface area (TPSA) is 38.3 Å². The van der Waals surface area contributed by atoms with Crippen LogP contribution in [0.4, 0.5) is 5.69 Å². The highest BCUT2D eigenvalue weighted by Crippen LogP contribution is 2.16. The van der Waals surface area contributed by atoms with Gasteiger partial charge in [-0.05, 0) is 30.7 Å². The molecule has 3 heteroatoms. The van der Waals surface area contributed by atoms with E-state index < -0.39 is 0 Å². The first-order chi connectivity index (χ1) is 10.9. The van der Waals surface area contributed by atoms with Gasteiger partial charge in [-0.3, -0.25) is 4.79 Å². The van der Waals surface area contributed by atoms with E-state index >= 15 is 0 Å². The maximum absolute atomic E-state index is 10.3. The smallest absolute Gasteiger partial charge is 0.211 e. The highest BCUT2D eigenvalue weighted by molar-refractivity contribution is 5.71. The van der Waals surface area contributed by atoms with Gasteiger partial charge in [-0.25, -0.2) is 0 Å². The molecule has 0 aliphatic carbocycles. The van der Waals surface area contributed by atoms with Crippen molar-refractivity contribution in [2.24, 2.45) is 0 Å². The summed E-state index contributed by atoms with van der Waals surface area (Å²) in [5, 5.41) is 2.61. The van der Waals surface area contributed by atoms with Crippen LogP contribution in [0.2, 0.25) is 0 Å². The largest absolute Gasteiger partial charge is 0.494 e. The quantitative estimate of drug-likeness (QED) is 0.361. The number of hydrogen-bond acceptors (Lipinski definition) is 2. The molecule has 0 atom stereocenters. The third-order valence-corrected chi connectivity index (χ3v) is 3.85. The second-order valence-corrected chi connectivity index (χ2v) is 5.82. The van der Waals surface area contributed by atoms with Crippen LogP contribution in [-0.4, -0.2) is 13.0 Å². The Morgan fingerprint density at radius 2 is 1.41 bits per heavy atom. The maximum atomic E-state index is 10.3. The average Bonchev–Trinajstić information content (AvgIpc) is 2.54. The lowest BCUT2D eigenvalue weighted by molar-refractivity contribution is -0.105. The van der Waals surface area contributed by atoms with Gasteiger partial charge in [0.1, 0.15) is 5.75 Å². The summed E-state index contributed by atoms with van der Waals surface area (Å²) in [7, 11) is 0. The Hall–Kier alpha value is -1.51. The van der Waals surface area contributed by atoms with E-state index in [1.54, 1.807) is 0 Å².